The summed E-state index contributed by atoms with van der Waals surface area (Å²) in [7, 11) is 0. The van der Waals surface area contributed by atoms with Crippen molar-refractivity contribution in [1.82, 2.24) is 4.98 Å². The third-order valence-electron chi connectivity index (χ3n) is 4.28. The summed E-state index contributed by atoms with van der Waals surface area (Å²) in [6.45, 7) is 4.40. The number of nitrogens with one attached hydrogen (secondary N) is 1. The maximum atomic E-state index is 11.9. The fourth-order valence-corrected chi connectivity index (χ4v) is 2.76. The molecule has 1 saturated heterocycles. The van der Waals surface area contributed by atoms with Gasteiger partial charge in [-0.3, -0.25) is 4.79 Å². The van der Waals surface area contributed by atoms with Crippen molar-refractivity contribution in [3.63, 3.8) is 0 Å². The van der Waals surface area contributed by atoms with E-state index < -0.39 is 0 Å². The number of rotatable bonds is 5. The van der Waals surface area contributed by atoms with Crippen LogP contribution in [0.1, 0.15) is 19.8 Å². The Morgan fingerprint density at radius 2 is 1.96 bits per heavy atom. The van der Waals surface area contributed by atoms with Gasteiger partial charge in [-0.05, 0) is 43.0 Å². The maximum Gasteiger partial charge on any atom is 0.263 e. The molecule has 3 rings (SSSR count). The van der Waals surface area contributed by atoms with E-state index in [1.54, 1.807) is 0 Å². The molecule has 0 saturated carbocycles. The van der Waals surface area contributed by atoms with Crippen LogP contribution in [0.2, 0.25) is 0 Å². The summed E-state index contributed by atoms with van der Waals surface area (Å²) in [5.41, 5.74) is 1.11. The lowest BCUT2D eigenvalue weighted by Gasteiger charge is -2.31. The quantitative estimate of drug-likeness (QED) is 0.916. The molecule has 24 heavy (non-hydrogen) atoms. The number of para-hydroxylation sites is 1. The Morgan fingerprint density at radius 3 is 2.62 bits per heavy atom. The molecule has 5 heteroatoms. The molecule has 0 radical (unpaired) electrons. The van der Waals surface area contributed by atoms with Gasteiger partial charge in [0.25, 0.3) is 5.91 Å². The van der Waals surface area contributed by atoms with E-state index in [2.05, 4.69) is 22.1 Å². The second-order valence-electron chi connectivity index (χ2n) is 6.22. The number of ether oxygens (including phenoxy) is 1. The first-order chi connectivity index (χ1) is 11.7. The largest absolute Gasteiger partial charge is 0.484 e. The van der Waals surface area contributed by atoms with Crippen molar-refractivity contribution in [3.05, 3.63) is 48.7 Å². The minimum absolute atomic E-state index is 0.0303. The van der Waals surface area contributed by atoms with Crippen molar-refractivity contribution < 1.29 is 9.53 Å². The van der Waals surface area contributed by atoms with E-state index in [-0.39, 0.29) is 12.5 Å². The van der Waals surface area contributed by atoms with Crippen LogP contribution >= 0.6 is 0 Å². The first kappa shape index (κ1) is 16.3. The van der Waals surface area contributed by atoms with Crippen LogP contribution in [0, 0.1) is 5.92 Å². The summed E-state index contributed by atoms with van der Waals surface area (Å²) < 4.78 is 5.42. The lowest BCUT2D eigenvalue weighted by molar-refractivity contribution is -0.118. The summed E-state index contributed by atoms with van der Waals surface area (Å²) in [6, 6.07) is 13.1. The third-order valence-corrected chi connectivity index (χ3v) is 4.28. The van der Waals surface area contributed by atoms with Gasteiger partial charge in [-0.2, -0.15) is 0 Å². The van der Waals surface area contributed by atoms with Crippen molar-refractivity contribution >= 4 is 17.4 Å². The predicted molar refractivity (Wildman–Crippen MR) is 95.4 cm³/mol. The van der Waals surface area contributed by atoms with E-state index in [0.717, 1.165) is 24.7 Å². The average molecular weight is 325 g/mol. The van der Waals surface area contributed by atoms with Crippen LogP contribution in [0.25, 0.3) is 0 Å². The van der Waals surface area contributed by atoms with Gasteiger partial charge in [0.05, 0.1) is 11.9 Å². The Hall–Kier alpha value is -2.56. The molecule has 0 bridgehead atoms. The van der Waals surface area contributed by atoms with Gasteiger partial charge < -0.3 is 15.0 Å². The molecule has 126 valence electrons. The average Bonchev–Trinajstić information content (AvgIpc) is 2.62. The Kier molecular flexibility index (Phi) is 5.31. The van der Waals surface area contributed by atoms with Crippen molar-refractivity contribution in [2.45, 2.75) is 19.8 Å². The zero-order chi connectivity index (χ0) is 16.8. The molecular weight excluding hydrogens is 302 g/mol. The highest BCUT2D eigenvalue weighted by molar-refractivity contribution is 5.91. The van der Waals surface area contributed by atoms with Gasteiger partial charge in [0.15, 0.2) is 6.61 Å². The first-order valence-electron chi connectivity index (χ1n) is 8.39. The standard InChI is InChI=1S/C19H23N3O2/c1-15-9-11-22(12-10-15)16-7-8-18(20-13-16)21-19(23)14-24-17-5-3-2-4-6-17/h2-8,13,15H,9-12,14H2,1H3,(H,20,21,23). The molecular formula is C19H23N3O2. The number of nitrogens with zero attached hydrogens (tertiary/aromatic N) is 2. The summed E-state index contributed by atoms with van der Waals surface area (Å²) >= 11 is 0. The van der Waals surface area contributed by atoms with E-state index in [0.29, 0.717) is 11.6 Å². The van der Waals surface area contributed by atoms with Gasteiger partial charge >= 0.3 is 0 Å². The van der Waals surface area contributed by atoms with Crippen molar-refractivity contribution in [1.29, 1.82) is 0 Å². The zero-order valence-electron chi connectivity index (χ0n) is 13.9. The SMILES string of the molecule is CC1CCN(c2ccc(NC(=O)COc3ccccc3)nc2)CC1. The van der Waals surface area contributed by atoms with Crippen LogP contribution in [0.15, 0.2) is 48.7 Å². The molecule has 1 aromatic heterocycles. The number of amides is 1. The number of hydrogen-bond donors (Lipinski definition) is 1. The number of carbonyl (C=O) groups is 1. The smallest absolute Gasteiger partial charge is 0.263 e. The summed E-state index contributed by atoms with van der Waals surface area (Å²) in [6.07, 6.45) is 4.26. The lowest BCUT2D eigenvalue weighted by atomic mass is 9.99. The van der Waals surface area contributed by atoms with Crippen molar-refractivity contribution in [2.24, 2.45) is 5.92 Å². The van der Waals surface area contributed by atoms with Crippen LogP contribution in [0.5, 0.6) is 5.75 Å². The molecule has 1 aromatic carbocycles. The molecule has 0 atom stereocenters. The number of aromatic nitrogens is 1. The Balaban J connectivity index is 1.49. The fourth-order valence-electron chi connectivity index (χ4n) is 2.76. The van der Waals surface area contributed by atoms with Gasteiger partial charge in [-0.15, -0.1) is 0 Å². The zero-order valence-corrected chi connectivity index (χ0v) is 13.9. The number of carbonyl (C=O) groups excluding carboxylic acids is 1. The molecule has 1 fully saturated rings. The number of hydrogen-bond acceptors (Lipinski definition) is 4. The fraction of sp³-hybridized carbons (Fsp3) is 0.368. The van der Waals surface area contributed by atoms with Crippen molar-refractivity contribution in [2.75, 3.05) is 29.9 Å². The third kappa shape index (κ3) is 4.47. The highest BCUT2D eigenvalue weighted by Gasteiger charge is 2.16. The van der Waals surface area contributed by atoms with Crippen LogP contribution in [0.4, 0.5) is 11.5 Å². The molecule has 0 spiro atoms. The molecule has 0 unspecified atom stereocenters. The summed E-state index contributed by atoms with van der Waals surface area (Å²) in [5, 5.41) is 2.76. The van der Waals surface area contributed by atoms with Crippen LogP contribution in [-0.4, -0.2) is 30.6 Å². The number of pyridine rings is 1. The highest BCUT2D eigenvalue weighted by atomic mass is 16.5. The number of anilines is 2. The van der Waals surface area contributed by atoms with E-state index in [9.17, 15) is 4.79 Å². The van der Waals surface area contributed by atoms with Gasteiger partial charge in [-0.25, -0.2) is 4.98 Å². The van der Waals surface area contributed by atoms with Crippen molar-refractivity contribution in [3.8, 4) is 5.75 Å². The lowest BCUT2D eigenvalue weighted by Crippen LogP contribution is -2.32. The molecule has 1 aliphatic heterocycles. The molecule has 1 aliphatic rings. The monoisotopic (exact) mass is 325 g/mol. The van der Waals surface area contributed by atoms with Gasteiger partial charge in [0.2, 0.25) is 0 Å². The molecule has 0 aliphatic carbocycles. The van der Waals surface area contributed by atoms with Crippen LogP contribution in [0.3, 0.4) is 0 Å². The van der Waals surface area contributed by atoms with Crippen LogP contribution < -0.4 is 15.0 Å². The molecule has 2 aromatic rings. The Morgan fingerprint density at radius 1 is 1.21 bits per heavy atom. The second-order valence-corrected chi connectivity index (χ2v) is 6.22. The summed E-state index contributed by atoms with van der Waals surface area (Å²) in [5.74, 6) is 1.81. The number of benzene rings is 1. The number of piperidine rings is 1. The van der Waals surface area contributed by atoms with Gasteiger partial charge in [-0.1, -0.05) is 25.1 Å². The van der Waals surface area contributed by atoms with E-state index >= 15 is 0 Å². The van der Waals surface area contributed by atoms with Gasteiger partial charge in [0.1, 0.15) is 11.6 Å². The van der Waals surface area contributed by atoms with E-state index in [1.165, 1.54) is 12.8 Å². The first-order valence-corrected chi connectivity index (χ1v) is 8.39. The Labute approximate surface area is 142 Å². The maximum absolute atomic E-state index is 11.9. The molecule has 1 amide bonds. The Bertz CT molecular complexity index is 650. The van der Waals surface area contributed by atoms with Crippen LogP contribution in [-0.2, 0) is 4.79 Å². The molecule has 1 N–H and O–H groups in total. The normalized spacial score (nSPS) is 15.1. The topological polar surface area (TPSA) is 54.5 Å². The highest BCUT2D eigenvalue weighted by Crippen LogP contribution is 2.22. The molecule has 2 heterocycles. The van der Waals surface area contributed by atoms with Gasteiger partial charge in [0, 0.05) is 13.1 Å². The van der Waals surface area contributed by atoms with E-state index in [4.69, 9.17) is 4.74 Å². The predicted octanol–water partition coefficient (Wildman–Crippen LogP) is 3.34. The summed E-state index contributed by atoms with van der Waals surface area (Å²) in [4.78, 5) is 18.6. The molecule has 5 nitrogen and oxygen atoms in total. The second kappa shape index (κ2) is 7.81. The minimum atomic E-state index is -0.217. The van der Waals surface area contributed by atoms with E-state index in [1.807, 2.05) is 48.7 Å². The minimum Gasteiger partial charge on any atom is -0.484 e.